The van der Waals surface area contributed by atoms with E-state index in [9.17, 15) is 9.18 Å². The number of aliphatic imine (C=N–C) groups is 1. The number of ether oxygens (including phenoxy) is 1. The van der Waals surface area contributed by atoms with Gasteiger partial charge in [0.1, 0.15) is 16.5 Å². The topological polar surface area (TPSA) is 45.1 Å². The van der Waals surface area contributed by atoms with E-state index >= 15 is 0 Å². The minimum Gasteiger partial charge on any atom is -0.497 e. The third-order valence-corrected chi connectivity index (χ3v) is 6.90. The molecule has 1 amide bonds. The summed E-state index contributed by atoms with van der Waals surface area (Å²) in [6.45, 7) is 2.43. The zero-order chi connectivity index (χ0) is 19.8. The maximum Gasteiger partial charge on any atom is 0.269 e. The molecule has 0 aliphatic carbocycles. The molecule has 0 saturated carbocycles. The molecule has 1 fully saturated rings. The molecule has 0 bridgehead atoms. The molecule has 0 atom stereocenters. The predicted octanol–water partition coefficient (Wildman–Crippen LogP) is 4.83. The van der Waals surface area contributed by atoms with Crippen LogP contribution in [0.4, 0.5) is 15.8 Å². The van der Waals surface area contributed by atoms with Crippen LogP contribution < -0.4 is 9.64 Å². The number of carbonyl (C=O) groups excluding carboxylic acids is 1. The van der Waals surface area contributed by atoms with Gasteiger partial charge in [-0.1, -0.05) is 11.8 Å². The minimum atomic E-state index is -0.313. The summed E-state index contributed by atoms with van der Waals surface area (Å²) >= 11 is 2.91. The van der Waals surface area contributed by atoms with Crippen molar-refractivity contribution in [1.82, 2.24) is 4.90 Å². The molecule has 2 heterocycles. The van der Waals surface area contributed by atoms with Gasteiger partial charge in [0.15, 0.2) is 5.17 Å². The summed E-state index contributed by atoms with van der Waals surface area (Å²) in [5, 5.41) is 1.48. The van der Waals surface area contributed by atoms with Gasteiger partial charge < -0.3 is 9.64 Å². The van der Waals surface area contributed by atoms with Crippen LogP contribution in [0.2, 0.25) is 0 Å². The number of amides is 1. The Labute approximate surface area is 171 Å². The maximum atomic E-state index is 13.2. The van der Waals surface area contributed by atoms with Crippen LogP contribution in [0.5, 0.6) is 5.75 Å². The molecule has 144 valence electrons. The average molecular weight is 416 g/mol. The Hall–Kier alpha value is -2.45. The molecule has 0 N–H and O–H groups in total. The molecule has 2 aliphatic rings. The Kier molecular flexibility index (Phi) is 5.07. The minimum absolute atomic E-state index is 0.0671. The van der Waals surface area contributed by atoms with Crippen molar-refractivity contribution in [2.75, 3.05) is 25.6 Å². The van der Waals surface area contributed by atoms with E-state index in [-0.39, 0.29) is 11.7 Å². The molecule has 0 aromatic heterocycles. The summed E-state index contributed by atoms with van der Waals surface area (Å²) in [5.41, 5.74) is 1.62. The fourth-order valence-electron chi connectivity index (χ4n) is 2.98. The zero-order valence-electron chi connectivity index (χ0n) is 15.6. The Bertz CT molecular complexity index is 1010. The van der Waals surface area contributed by atoms with Crippen LogP contribution in [0.25, 0.3) is 0 Å². The fraction of sp³-hybridized carbons (Fsp3) is 0.200. The normalized spacial score (nSPS) is 20.3. The fourth-order valence-corrected chi connectivity index (χ4v) is 5.36. The number of methoxy groups -OCH3 is 1. The van der Waals surface area contributed by atoms with Crippen molar-refractivity contribution < 1.29 is 13.9 Å². The Morgan fingerprint density at radius 2 is 1.89 bits per heavy atom. The van der Waals surface area contributed by atoms with Gasteiger partial charge in [0.25, 0.3) is 5.91 Å². The summed E-state index contributed by atoms with van der Waals surface area (Å²) < 4.78 is 18.5. The summed E-state index contributed by atoms with van der Waals surface area (Å²) in [5.74, 6) is 0.394. The molecular weight excluding hydrogens is 397 g/mol. The summed E-state index contributed by atoms with van der Waals surface area (Å²) in [6.07, 6.45) is 0. The van der Waals surface area contributed by atoms with Gasteiger partial charge in [0.2, 0.25) is 0 Å². The van der Waals surface area contributed by atoms with E-state index < -0.39 is 0 Å². The molecule has 0 unspecified atom stereocenters. The first kappa shape index (κ1) is 18.9. The number of nitrogens with zero attached hydrogens (tertiary/aromatic N) is 3. The number of likely N-dealkylation sites (N-methyl/N-ethyl adjacent to an activating group) is 1. The highest BCUT2D eigenvalue weighted by Gasteiger charge is 2.38. The van der Waals surface area contributed by atoms with Crippen molar-refractivity contribution in [2.24, 2.45) is 4.99 Å². The number of fused-ring (bicyclic) bond motifs is 1. The van der Waals surface area contributed by atoms with Crippen LogP contribution in [-0.2, 0) is 4.79 Å². The molecule has 28 heavy (non-hydrogen) atoms. The lowest BCUT2D eigenvalue weighted by molar-refractivity contribution is -0.122. The molecule has 8 heteroatoms. The van der Waals surface area contributed by atoms with Crippen LogP contribution in [0.15, 0.2) is 62.3 Å². The van der Waals surface area contributed by atoms with Crippen molar-refractivity contribution in [3.05, 3.63) is 58.2 Å². The zero-order valence-corrected chi connectivity index (χ0v) is 17.2. The number of rotatable bonds is 3. The molecule has 1 saturated heterocycles. The van der Waals surface area contributed by atoms with Crippen LogP contribution in [-0.4, -0.2) is 36.7 Å². The van der Waals surface area contributed by atoms with Gasteiger partial charge >= 0.3 is 0 Å². The van der Waals surface area contributed by atoms with Gasteiger partial charge in [-0.25, -0.2) is 9.38 Å². The van der Waals surface area contributed by atoms with E-state index in [1.165, 1.54) is 23.9 Å². The summed E-state index contributed by atoms with van der Waals surface area (Å²) in [7, 11) is 3.58. The van der Waals surface area contributed by atoms with Crippen molar-refractivity contribution in [1.29, 1.82) is 0 Å². The van der Waals surface area contributed by atoms with Crippen LogP contribution >= 0.6 is 23.5 Å². The van der Waals surface area contributed by atoms with Gasteiger partial charge in [-0.2, -0.15) is 0 Å². The standard InChI is InChI=1S/C20H18FN3O2S2/c1-4-24-18(25)17(28-20(24)22-13-7-5-12(21)6-8-13)19-23(2)15-11-14(26-3)9-10-16(15)27-19/h5-11H,4H2,1-3H3/b19-17-,22-20?. The molecule has 0 spiro atoms. The van der Waals surface area contributed by atoms with Crippen molar-refractivity contribution in [3.63, 3.8) is 0 Å². The van der Waals surface area contributed by atoms with Gasteiger partial charge in [0.05, 0.1) is 23.5 Å². The highest BCUT2D eigenvalue weighted by atomic mass is 32.2. The first-order valence-corrected chi connectivity index (χ1v) is 10.3. The molecule has 0 radical (unpaired) electrons. The highest BCUT2D eigenvalue weighted by Crippen LogP contribution is 2.50. The lowest BCUT2D eigenvalue weighted by Crippen LogP contribution is -2.29. The molecule has 2 aromatic rings. The van der Waals surface area contributed by atoms with Gasteiger partial charge in [-0.15, -0.1) is 0 Å². The van der Waals surface area contributed by atoms with E-state index in [2.05, 4.69) is 4.99 Å². The molecule has 2 aromatic carbocycles. The number of benzene rings is 2. The second-order valence-corrected chi connectivity index (χ2v) is 8.16. The molecule has 4 rings (SSSR count). The third-order valence-electron chi connectivity index (χ3n) is 4.46. The van der Waals surface area contributed by atoms with E-state index in [4.69, 9.17) is 4.74 Å². The number of anilines is 1. The number of amidine groups is 1. The van der Waals surface area contributed by atoms with E-state index in [1.54, 1.807) is 35.9 Å². The Morgan fingerprint density at radius 3 is 2.57 bits per heavy atom. The van der Waals surface area contributed by atoms with E-state index in [0.717, 1.165) is 21.4 Å². The van der Waals surface area contributed by atoms with Crippen molar-refractivity contribution in [3.8, 4) is 5.75 Å². The second kappa shape index (κ2) is 7.52. The highest BCUT2D eigenvalue weighted by molar-refractivity contribution is 8.19. The van der Waals surface area contributed by atoms with Crippen LogP contribution in [0.3, 0.4) is 0 Å². The van der Waals surface area contributed by atoms with E-state index in [0.29, 0.717) is 22.3 Å². The quantitative estimate of drug-likeness (QED) is 0.672. The second-order valence-electron chi connectivity index (χ2n) is 6.15. The SMILES string of the molecule is CCN1C(=O)/C(=C2/Sc3ccc(OC)cc3N2C)SC1=Nc1ccc(F)cc1. The Morgan fingerprint density at radius 1 is 1.14 bits per heavy atom. The monoisotopic (exact) mass is 415 g/mol. The first-order valence-electron chi connectivity index (χ1n) is 8.69. The van der Waals surface area contributed by atoms with Gasteiger partial charge in [0, 0.05) is 24.6 Å². The van der Waals surface area contributed by atoms with Gasteiger partial charge in [-0.05, 0) is 55.1 Å². The predicted molar refractivity (Wildman–Crippen MR) is 113 cm³/mol. The number of thioether (sulfide) groups is 2. The van der Waals surface area contributed by atoms with Crippen molar-refractivity contribution in [2.45, 2.75) is 11.8 Å². The lowest BCUT2D eigenvalue weighted by Gasteiger charge is -2.15. The molecule has 5 nitrogen and oxygen atoms in total. The number of carbonyl (C=O) groups is 1. The number of hydrogen-bond donors (Lipinski definition) is 0. The summed E-state index contributed by atoms with van der Waals surface area (Å²) in [6, 6.07) is 11.8. The molecular formula is C20H18FN3O2S2. The average Bonchev–Trinajstić information content (AvgIpc) is 3.19. The van der Waals surface area contributed by atoms with Gasteiger partial charge in [-0.3, -0.25) is 9.69 Å². The van der Waals surface area contributed by atoms with E-state index in [1.807, 2.05) is 37.1 Å². The maximum absolute atomic E-state index is 13.2. The first-order chi connectivity index (χ1) is 13.5. The number of hydrogen-bond acceptors (Lipinski definition) is 6. The molecule has 2 aliphatic heterocycles. The van der Waals surface area contributed by atoms with Crippen molar-refractivity contribution >= 4 is 46.0 Å². The smallest absolute Gasteiger partial charge is 0.269 e. The van der Waals surface area contributed by atoms with Crippen LogP contribution in [0.1, 0.15) is 6.92 Å². The summed E-state index contributed by atoms with van der Waals surface area (Å²) in [4.78, 5) is 23.0. The lowest BCUT2D eigenvalue weighted by atomic mass is 10.3. The number of halogens is 1. The van der Waals surface area contributed by atoms with Crippen LogP contribution in [0, 0.1) is 5.82 Å². The third kappa shape index (κ3) is 3.27. The Balaban J connectivity index is 1.71. The largest absolute Gasteiger partial charge is 0.497 e.